The molecule has 0 saturated heterocycles. The summed E-state index contributed by atoms with van der Waals surface area (Å²) in [5.41, 5.74) is 6.07. The van der Waals surface area contributed by atoms with Crippen LogP contribution in [0.15, 0.2) is 54.1 Å². The molecule has 0 N–H and O–H groups in total. The van der Waals surface area contributed by atoms with E-state index in [1.54, 1.807) is 0 Å². The third-order valence-corrected chi connectivity index (χ3v) is 2.87. The zero-order valence-corrected chi connectivity index (χ0v) is 10.7. The van der Waals surface area contributed by atoms with E-state index in [0.29, 0.717) is 0 Å². The average molecular weight is 212 g/mol. The van der Waals surface area contributed by atoms with Crippen molar-refractivity contribution in [3.63, 3.8) is 0 Å². The molecule has 0 heteroatoms. The second kappa shape index (κ2) is 5.50. The summed E-state index contributed by atoms with van der Waals surface area (Å²) in [6.45, 7) is 12.5. The summed E-state index contributed by atoms with van der Waals surface area (Å²) in [5.74, 6) is 0. The SMILES string of the molecule is C=C(C(=CC)C(C)=CC)c1ccc(C)cc1. The van der Waals surface area contributed by atoms with Gasteiger partial charge in [-0.2, -0.15) is 0 Å². The molecule has 0 bridgehead atoms. The maximum absolute atomic E-state index is 4.19. The molecule has 0 spiro atoms. The number of rotatable bonds is 3. The highest BCUT2D eigenvalue weighted by Gasteiger charge is 2.05. The number of allylic oxidation sites excluding steroid dienone is 5. The van der Waals surface area contributed by atoms with E-state index in [-0.39, 0.29) is 0 Å². The molecule has 0 saturated carbocycles. The van der Waals surface area contributed by atoms with Crippen LogP contribution in [0.25, 0.3) is 5.57 Å². The van der Waals surface area contributed by atoms with Gasteiger partial charge >= 0.3 is 0 Å². The highest BCUT2D eigenvalue weighted by atomic mass is 14.1. The van der Waals surface area contributed by atoms with E-state index < -0.39 is 0 Å². The summed E-state index contributed by atoms with van der Waals surface area (Å²) < 4.78 is 0. The Kier molecular flexibility index (Phi) is 4.30. The summed E-state index contributed by atoms with van der Waals surface area (Å²) in [6, 6.07) is 8.51. The fourth-order valence-electron chi connectivity index (χ4n) is 1.71. The molecule has 0 nitrogen and oxygen atoms in total. The van der Waals surface area contributed by atoms with Gasteiger partial charge in [-0.05, 0) is 50.0 Å². The van der Waals surface area contributed by atoms with Gasteiger partial charge in [0, 0.05) is 0 Å². The van der Waals surface area contributed by atoms with Crippen LogP contribution in [0.5, 0.6) is 0 Å². The molecule has 1 aromatic rings. The quantitative estimate of drug-likeness (QED) is 0.624. The molecule has 0 unspecified atom stereocenters. The summed E-state index contributed by atoms with van der Waals surface area (Å²) in [7, 11) is 0. The van der Waals surface area contributed by atoms with Crippen LogP contribution in [-0.2, 0) is 0 Å². The van der Waals surface area contributed by atoms with Crippen LogP contribution in [0, 0.1) is 6.92 Å². The molecule has 0 fully saturated rings. The number of hydrogen-bond acceptors (Lipinski definition) is 0. The predicted octanol–water partition coefficient (Wildman–Crippen LogP) is 4.92. The van der Waals surface area contributed by atoms with E-state index >= 15 is 0 Å². The van der Waals surface area contributed by atoms with Crippen LogP contribution in [-0.4, -0.2) is 0 Å². The third kappa shape index (κ3) is 2.73. The first kappa shape index (κ1) is 12.5. The molecule has 84 valence electrons. The lowest BCUT2D eigenvalue weighted by Crippen LogP contribution is -1.90. The van der Waals surface area contributed by atoms with Gasteiger partial charge in [0.2, 0.25) is 0 Å². The van der Waals surface area contributed by atoms with Gasteiger partial charge in [-0.1, -0.05) is 48.6 Å². The standard InChI is InChI=1S/C16H20/c1-6-13(4)16(7-2)14(5)15-10-8-12(3)9-11-15/h6-11H,5H2,1-4H3. The average Bonchev–Trinajstić information content (AvgIpc) is 2.30. The summed E-state index contributed by atoms with van der Waals surface area (Å²) >= 11 is 0. The lowest BCUT2D eigenvalue weighted by atomic mass is 9.93. The van der Waals surface area contributed by atoms with Crippen molar-refractivity contribution in [1.82, 2.24) is 0 Å². The van der Waals surface area contributed by atoms with Crippen LogP contribution < -0.4 is 0 Å². The zero-order chi connectivity index (χ0) is 12.1. The molecular weight excluding hydrogens is 192 g/mol. The van der Waals surface area contributed by atoms with Crippen molar-refractivity contribution in [2.75, 3.05) is 0 Å². The number of hydrogen-bond donors (Lipinski definition) is 0. The van der Waals surface area contributed by atoms with E-state index in [9.17, 15) is 0 Å². The first-order chi connectivity index (χ1) is 7.60. The Morgan fingerprint density at radius 3 is 2.06 bits per heavy atom. The number of aryl methyl sites for hydroxylation is 1. The Labute approximate surface area is 99.0 Å². The van der Waals surface area contributed by atoms with Gasteiger partial charge in [0.05, 0.1) is 0 Å². The Hall–Kier alpha value is -1.56. The molecule has 0 aromatic heterocycles. The molecule has 1 aromatic carbocycles. The van der Waals surface area contributed by atoms with Crippen LogP contribution in [0.2, 0.25) is 0 Å². The molecule has 0 aliphatic rings. The second-order valence-electron chi connectivity index (χ2n) is 4.02. The van der Waals surface area contributed by atoms with Crippen molar-refractivity contribution in [3.8, 4) is 0 Å². The third-order valence-electron chi connectivity index (χ3n) is 2.87. The van der Waals surface area contributed by atoms with E-state index in [1.807, 2.05) is 0 Å². The molecule has 0 atom stereocenters. The monoisotopic (exact) mass is 212 g/mol. The molecule has 0 radical (unpaired) electrons. The van der Waals surface area contributed by atoms with Crippen molar-refractivity contribution in [1.29, 1.82) is 0 Å². The smallest absolute Gasteiger partial charge is 0.0184 e. The Morgan fingerprint density at radius 1 is 1.06 bits per heavy atom. The first-order valence-electron chi connectivity index (χ1n) is 5.66. The second-order valence-corrected chi connectivity index (χ2v) is 4.02. The van der Waals surface area contributed by atoms with Gasteiger partial charge in [-0.15, -0.1) is 0 Å². The molecule has 0 aliphatic carbocycles. The molecule has 0 heterocycles. The van der Waals surface area contributed by atoms with Gasteiger partial charge in [-0.3, -0.25) is 0 Å². The molecular formula is C16H20. The van der Waals surface area contributed by atoms with Crippen molar-refractivity contribution in [3.05, 3.63) is 65.3 Å². The topological polar surface area (TPSA) is 0 Å². The highest BCUT2D eigenvalue weighted by Crippen LogP contribution is 2.26. The summed E-state index contributed by atoms with van der Waals surface area (Å²) in [4.78, 5) is 0. The fourth-order valence-corrected chi connectivity index (χ4v) is 1.71. The van der Waals surface area contributed by atoms with E-state index in [4.69, 9.17) is 0 Å². The van der Waals surface area contributed by atoms with E-state index in [0.717, 1.165) is 5.57 Å². The Morgan fingerprint density at radius 2 is 1.62 bits per heavy atom. The summed E-state index contributed by atoms with van der Waals surface area (Å²) in [6.07, 6.45) is 4.24. The van der Waals surface area contributed by atoms with Gasteiger partial charge in [-0.25, -0.2) is 0 Å². The van der Waals surface area contributed by atoms with E-state index in [1.165, 1.54) is 22.3 Å². The van der Waals surface area contributed by atoms with Crippen LogP contribution in [0.4, 0.5) is 0 Å². The first-order valence-corrected chi connectivity index (χ1v) is 5.66. The molecule has 0 amide bonds. The van der Waals surface area contributed by atoms with Crippen molar-refractivity contribution in [2.45, 2.75) is 27.7 Å². The number of benzene rings is 1. The maximum atomic E-state index is 4.19. The van der Waals surface area contributed by atoms with Gasteiger partial charge < -0.3 is 0 Å². The maximum Gasteiger partial charge on any atom is -0.0184 e. The minimum absolute atomic E-state index is 1.10. The Balaban J connectivity index is 3.06. The zero-order valence-electron chi connectivity index (χ0n) is 10.7. The highest BCUT2D eigenvalue weighted by molar-refractivity contribution is 5.81. The Bertz CT molecular complexity index is 428. The van der Waals surface area contributed by atoms with Gasteiger partial charge in [0.1, 0.15) is 0 Å². The molecule has 1 rings (SSSR count). The fraction of sp³-hybridized carbons (Fsp3) is 0.250. The van der Waals surface area contributed by atoms with Gasteiger partial charge in [0.15, 0.2) is 0 Å². The minimum Gasteiger partial charge on any atom is -0.0906 e. The van der Waals surface area contributed by atoms with Crippen LogP contribution >= 0.6 is 0 Å². The van der Waals surface area contributed by atoms with Gasteiger partial charge in [0.25, 0.3) is 0 Å². The predicted molar refractivity (Wildman–Crippen MR) is 73.4 cm³/mol. The summed E-state index contributed by atoms with van der Waals surface area (Å²) in [5, 5.41) is 0. The molecule has 0 aliphatic heterocycles. The van der Waals surface area contributed by atoms with E-state index in [2.05, 4.69) is 70.7 Å². The lowest BCUT2D eigenvalue weighted by molar-refractivity contribution is 1.37. The minimum atomic E-state index is 1.10. The lowest BCUT2D eigenvalue weighted by Gasteiger charge is -2.11. The van der Waals surface area contributed by atoms with Crippen molar-refractivity contribution < 1.29 is 0 Å². The van der Waals surface area contributed by atoms with Crippen LogP contribution in [0.1, 0.15) is 31.9 Å². The normalized spacial score (nSPS) is 12.8. The van der Waals surface area contributed by atoms with Crippen molar-refractivity contribution in [2.24, 2.45) is 0 Å². The molecule has 16 heavy (non-hydrogen) atoms. The van der Waals surface area contributed by atoms with Crippen molar-refractivity contribution >= 4 is 5.57 Å². The van der Waals surface area contributed by atoms with Crippen LogP contribution in [0.3, 0.4) is 0 Å². The largest absolute Gasteiger partial charge is 0.0906 e.